The first-order valence-electron chi connectivity index (χ1n) is 6.46. The van der Waals surface area contributed by atoms with Gasteiger partial charge in [-0.3, -0.25) is 9.88 Å². The molecule has 6 heteroatoms. The molecular weight excluding hydrogens is 242 g/mol. The molecule has 2 aromatic rings. The van der Waals surface area contributed by atoms with Crippen molar-refractivity contribution >= 4 is 0 Å². The number of aromatic amines is 1. The van der Waals surface area contributed by atoms with Crippen LogP contribution in [0.15, 0.2) is 30.7 Å². The predicted molar refractivity (Wildman–Crippen MR) is 69.0 cm³/mol. The quantitative estimate of drug-likeness (QED) is 0.847. The highest BCUT2D eigenvalue weighted by Crippen LogP contribution is 2.30. The van der Waals surface area contributed by atoms with Crippen LogP contribution in [0, 0.1) is 0 Å². The van der Waals surface area contributed by atoms with Crippen molar-refractivity contribution in [3.63, 3.8) is 0 Å². The van der Waals surface area contributed by atoms with E-state index in [1.54, 1.807) is 12.4 Å². The summed E-state index contributed by atoms with van der Waals surface area (Å²) in [7, 11) is 0. The van der Waals surface area contributed by atoms with Crippen molar-refractivity contribution in [1.29, 1.82) is 0 Å². The van der Waals surface area contributed by atoms with E-state index in [4.69, 9.17) is 0 Å². The van der Waals surface area contributed by atoms with E-state index in [2.05, 4.69) is 31.4 Å². The molecule has 3 heterocycles. The molecule has 1 atom stereocenters. The van der Waals surface area contributed by atoms with Gasteiger partial charge in [0, 0.05) is 25.5 Å². The summed E-state index contributed by atoms with van der Waals surface area (Å²) in [5.74, 6) is 0. The van der Waals surface area contributed by atoms with E-state index in [0.717, 1.165) is 31.5 Å². The molecule has 1 aliphatic rings. The lowest BCUT2D eigenvalue weighted by atomic mass is 9.90. The Hall–Kier alpha value is -1.79. The molecule has 19 heavy (non-hydrogen) atoms. The van der Waals surface area contributed by atoms with Gasteiger partial charge in [-0.2, -0.15) is 15.4 Å². The van der Waals surface area contributed by atoms with Crippen LogP contribution in [0.2, 0.25) is 0 Å². The summed E-state index contributed by atoms with van der Waals surface area (Å²) >= 11 is 0. The van der Waals surface area contributed by atoms with Crippen molar-refractivity contribution in [2.24, 2.45) is 0 Å². The van der Waals surface area contributed by atoms with E-state index in [9.17, 15) is 5.11 Å². The summed E-state index contributed by atoms with van der Waals surface area (Å²) in [5.41, 5.74) is 0.892. The lowest BCUT2D eigenvalue weighted by Gasteiger charge is -2.37. The van der Waals surface area contributed by atoms with Gasteiger partial charge >= 0.3 is 0 Å². The summed E-state index contributed by atoms with van der Waals surface area (Å²) in [5, 5.41) is 21.1. The molecule has 1 unspecified atom stereocenters. The maximum absolute atomic E-state index is 10.7. The first-order valence-corrected chi connectivity index (χ1v) is 6.46. The standard InChI is InChI=1S/C13H17N5O/c19-13(12-8-15-17-16-12)4-2-6-18(10-13)9-11-3-1-5-14-7-11/h1,3,5,7-8,19H,2,4,6,9-10H2,(H,15,16,17). The summed E-state index contributed by atoms with van der Waals surface area (Å²) in [6, 6.07) is 3.99. The zero-order valence-electron chi connectivity index (χ0n) is 10.7. The topological polar surface area (TPSA) is 77.9 Å². The number of aromatic nitrogens is 4. The molecule has 0 aromatic carbocycles. The maximum atomic E-state index is 10.7. The number of H-pyrrole nitrogens is 1. The average Bonchev–Trinajstić information content (AvgIpc) is 2.95. The molecule has 0 aliphatic carbocycles. The highest BCUT2D eigenvalue weighted by molar-refractivity contribution is 5.11. The van der Waals surface area contributed by atoms with Gasteiger partial charge in [0.2, 0.25) is 0 Å². The highest BCUT2D eigenvalue weighted by atomic mass is 16.3. The molecule has 0 bridgehead atoms. The largest absolute Gasteiger partial charge is 0.382 e. The number of hydrogen-bond acceptors (Lipinski definition) is 5. The minimum atomic E-state index is -0.895. The summed E-state index contributed by atoms with van der Waals surface area (Å²) in [6.45, 7) is 2.36. The third kappa shape index (κ3) is 2.64. The van der Waals surface area contributed by atoms with E-state index in [-0.39, 0.29) is 0 Å². The normalized spacial score (nSPS) is 24.5. The van der Waals surface area contributed by atoms with E-state index >= 15 is 0 Å². The smallest absolute Gasteiger partial charge is 0.123 e. The Kier molecular flexibility index (Phi) is 3.27. The Labute approximate surface area is 111 Å². The van der Waals surface area contributed by atoms with Gasteiger partial charge in [-0.15, -0.1) is 0 Å². The van der Waals surface area contributed by atoms with Crippen molar-refractivity contribution < 1.29 is 5.11 Å². The van der Waals surface area contributed by atoms with Crippen LogP contribution in [0.5, 0.6) is 0 Å². The van der Waals surface area contributed by atoms with E-state index in [0.29, 0.717) is 12.2 Å². The fraction of sp³-hybridized carbons (Fsp3) is 0.462. The van der Waals surface area contributed by atoms with Gasteiger partial charge in [0.1, 0.15) is 11.3 Å². The molecule has 0 saturated carbocycles. The molecular formula is C13H17N5O. The van der Waals surface area contributed by atoms with Gasteiger partial charge in [-0.05, 0) is 31.0 Å². The van der Waals surface area contributed by atoms with E-state index < -0.39 is 5.60 Å². The number of pyridine rings is 1. The molecule has 1 fully saturated rings. The maximum Gasteiger partial charge on any atom is 0.123 e. The molecule has 100 valence electrons. The minimum Gasteiger partial charge on any atom is -0.382 e. The van der Waals surface area contributed by atoms with Crippen LogP contribution in [0.3, 0.4) is 0 Å². The van der Waals surface area contributed by atoms with Crippen LogP contribution in [-0.4, -0.2) is 43.5 Å². The molecule has 6 nitrogen and oxygen atoms in total. The fourth-order valence-electron chi connectivity index (χ4n) is 2.64. The van der Waals surface area contributed by atoms with Gasteiger partial charge in [0.25, 0.3) is 0 Å². The highest BCUT2D eigenvalue weighted by Gasteiger charge is 2.36. The number of nitrogens with one attached hydrogen (secondary N) is 1. The second-order valence-corrected chi connectivity index (χ2v) is 5.06. The lowest BCUT2D eigenvalue weighted by molar-refractivity contribution is -0.0414. The Morgan fingerprint density at radius 2 is 2.37 bits per heavy atom. The molecule has 2 N–H and O–H groups in total. The van der Waals surface area contributed by atoms with Crippen LogP contribution in [0.25, 0.3) is 0 Å². The van der Waals surface area contributed by atoms with Crippen molar-refractivity contribution in [3.8, 4) is 0 Å². The number of rotatable bonds is 3. The molecule has 2 aromatic heterocycles. The first kappa shape index (κ1) is 12.3. The fourth-order valence-corrected chi connectivity index (χ4v) is 2.64. The van der Waals surface area contributed by atoms with Gasteiger partial charge in [0.05, 0.1) is 6.20 Å². The predicted octanol–water partition coefficient (Wildman–Crippen LogP) is 0.683. The summed E-state index contributed by atoms with van der Waals surface area (Å²) in [4.78, 5) is 6.35. The number of β-amino-alcohol motifs (C(OH)–C–C–N with tert-alkyl or cyclic N) is 1. The van der Waals surface area contributed by atoms with Crippen LogP contribution < -0.4 is 0 Å². The lowest BCUT2D eigenvalue weighted by Crippen LogP contribution is -2.45. The monoisotopic (exact) mass is 259 g/mol. The Morgan fingerprint density at radius 3 is 3.11 bits per heavy atom. The molecule has 1 aliphatic heterocycles. The Bertz CT molecular complexity index is 515. The molecule has 0 spiro atoms. The number of hydrogen-bond donors (Lipinski definition) is 2. The van der Waals surface area contributed by atoms with Crippen LogP contribution >= 0.6 is 0 Å². The average molecular weight is 259 g/mol. The Morgan fingerprint density at radius 1 is 1.42 bits per heavy atom. The second kappa shape index (κ2) is 5.07. The first-order chi connectivity index (χ1) is 9.26. The molecule has 3 rings (SSSR count). The van der Waals surface area contributed by atoms with Crippen molar-refractivity contribution in [1.82, 2.24) is 25.3 Å². The SMILES string of the molecule is OC1(c2cn[nH]n2)CCCN(Cc2cccnc2)C1. The van der Waals surface area contributed by atoms with Gasteiger partial charge in [0.15, 0.2) is 0 Å². The van der Waals surface area contributed by atoms with Crippen LogP contribution in [0.4, 0.5) is 0 Å². The molecule has 1 saturated heterocycles. The van der Waals surface area contributed by atoms with Crippen LogP contribution in [-0.2, 0) is 12.1 Å². The number of nitrogens with zero attached hydrogens (tertiary/aromatic N) is 4. The zero-order chi connectivity index (χ0) is 13.1. The second-order valence-electron chi connectivity index (χ2n) is 5.06. The summed E-state index contributed by atoms with van der Waals surface area (Å²) < 4.78 is 0. The van der Waals surface area contributed by atoms with Crippen LogP contribution in [0.1, 0.15) is 24.1 Å². The van der Waals surface area contributed by atoms with Crippen molar-refractivity contribution in [2.75, 3.05) is 13.1 Å². The third-order valence-electron chi connectivity index (χ3n) is 3.57. The Balaban J connectivity index is 1.72. The summed E-state index contributed by atoms with van der Waals surface area (Å²) in [6.07, 6.45) is 6.91. The van der Waals surface area contributed by atoms with E-state index in [1.165, 1.54) is 0 Å². The molecule has 0 amide bonds. The third-order valence-corrected chi connectivity index (χ3v) is 3.57. The van der Waals surface area contributed by atoms with E-state index in [1.807, 2.05) is 12.3 Å². The van der Waals surface area contributed by atoms with Crippen molar-refractivity contribution in [3.05, 3.63) is 42.0 Å². The number of likely N-dealkylation sites (tertiary alicyclic amines) is 1. The van der Waals surface area contributed by atoms with Crippen molar-refractivity contribution in [2.45, 2.75) is 25.0 Å². The van der Waals surface area contributed by atoms with Gasteiger partial charge in [-0.25, -0.2) is 0 Å². The zero-order valence-corrected chi connectivity index (χ0v) is 10.7. The minimum absolute atomic E-state index is 0.578. The van der Waals surface area contributed by atoms with Gasteiger partial charge in [-0.1, -0.05) is 6.07 Å². The number of piperidine rings is 1. The number of aliphatic hydroxyl groups is 1. The molecule has 0 radical (unpaired) electrons. The van der Waals surface area contributed by atoms with Gasteiger partial charge < -0.3 is 5.11 Å².